The Morgan fingerprint density at radius 2 is 1.73 bits per heavy atom. The van der Waals surface area contributed by atoms with E-state index in [1.54, 1.807) is 25.5 Å². The van der Waals surface area contributed by atoms with E-state index >= 15 is 0 Å². The van der Waals surface area contributed by atoms with E-state index in [1.807, 2.05) is 60.0 Å². The molecule has 0 aliphatic rings. The zero-order valence-corrected chi connectivity index (χ0v) is 20.3. The molecule has 168 valence electrons. The Labute approximate surface area is 204 Å². The number of hydrogen-bond acceptors (Lipinski definition) is 5. The van der Waals surface area contributed by atoms with E-state index in [-0.39, 0.29) is 17.9 Å². The minimum Gasteiger partial charge on any atom is -0.492 e. The molecule has 1 heterocycles. The highest BCUT2D eigenvalue weighted by molar-refractivity contribution is 14.1. The number of aromatic nitrogens is 1. The standard InChI is InChI=1S/C25H22IN3O4/c1-3-33-22-13-16(12-19(26)25(22)32-2)14-27-28-23(30)15-29-20-10-6-4-8-17(20)24(31)18-9-5-7-11-21(18)29/h4-14H,3,15H2,1-2H3,(H,28,30)/b27-14-. The maximum atomic E-state index is 12.8. The van der Waals surface area contributed by atoms with Gasteiger partial charge in [-0.05, 0) is 71.5 Å². The Bertz CT molecular complexity index is 1370. The zero-order valence-electron chi connectivity index (χ0n) is 18.2. The van der Waals surface area contributed by atoms with Crippen molar-refractivity contribution in [2.24, 2.45) is 5.10 Å². The number of hydrazone groups is 1. The van der Waals surface area contributed by atoms with Crippen molar-refractivity contribution in [3.63, 3.8) is 0 Å². The molecule has 4 aromatic rings. The molecule has 0 saturated heterocycles. The molecule has 0 radical (unpaired) electrons. The molecule has 33 heavy (non-hydrogen) atoms. The molecule has 0 bridgehead atoms. The fourth-order valence-corrected chi connectivity index (χ4v) is 4.57. The Hall–Kier alpha value is -3.40. The summed E-state index contributed by atoms with van der Waals surface area (Å²) in [6, 6.07) is 18.3. The fourth-order valence-electron chi connectivity index (χ4n) is 3.73. The van der Waals surface area contributed by atoms with Gasteiger partial charge in [-0.25, -0.2) is 5.43 Å². The van der Waals surface area contributed by atoms with Crippen LogP contribution in [-0.4, -0.2) is 30.4 Å². The Morgan fingerprint density at radius 3 is 2.33 bits per heavy atom. The number of pyridine rings is 1. The Balaban J connectivity index is 1.60. The molecule has 4 rings (SSSR count). The van der Waals surface area contributed by atoms with Crippen molar-refractivity contribution in [1.29, 1.82) is 0 Å². The molecule has 3 aromatic carbocycles. The molecule has 0 spiro atoms. The SMILES string of the molecule is CCOc1cc(/C=N\NC(=O)Cn2c3ccccc3c(=O)c3ccccc32)cc(I)c1OC. The van der Waals surface area contributed by atoms with Crippen LogP contribution in [0.5, 0.6) is 11.5 Å². The largest absolute Gasteiger partial charge is 0.492 e. The topological polar surface area (TPSA) is 81.9 Å². The number of halogens is 1. The van der Waals surface area contributed by atoms with Gasteiger partial charge in [-0.2, -0.15) is 5.10 Å². The van der Waals surface area contributed by atoms with E-state index in [2.05, 4.69) is 33.1 Å². The van der Waals surface area contributed by atoms with Gasteiger partial charge in [0.15, 0.2) is 16.9 Å². The van der Waals surface area contributed by atoms with Crippen LogP contribution in [0.3, 0.4) is 0 Å². The van der Waals surface area contributed by atoms with Gasteiger partial charge in [0.05, 0.1) is 34.5 Å². The van der Waals surface area contributed by atoms with Crippen molar-refractivity contribution in [1.82, 2.24) is 9.99 Å². The van der Waals surface area contributed by atoms with Gasteiger partial charge in [-0.15, -0.1) is 0 Å². The lowest BCUT2D eigenvalue weighted by atomic mass is 10.1. The normalized spacial score (nSPS) is 11.2. The summed E-state index contributed by atoms with van der Waals surface area (Å²) in [5.41, 5.74) is 4.70. The second-order valence-corrected chi connectivity index (χ2v) is 8.37. The van der Waals surface area contributed by atoms with Crippen LogP contribution >= 0.6 is 22.6 Å². The number of benzene rings is 3. The van der Waals surface area contributed by atoms with Gasteiger partial charge in [0.1, 0.15) is 6.54 Å². The van der Waals surface area contributed by atoms with E-state index < -0.39 is 0 Å². The fraction of sp³-hybridized carbons (Fsp3) is 0.160. The number of nitrogens with zero attached hydrogens (tertiary/aromatic N) is 2. The van der Waals surface area contributed by atoms with Gasteiger partial charge in [0.2, 0.25) is 0 Å². The Morgan fingerprint density at radius 1 is 1.09 bits per heavy atom. The summed E-state index contributed by atoms with van der Waals surface area (Å²) in [4.78, 5) is 25.6. The van der Waals surface area contributed by atoms with Crippen molar-refractivity contribution in [2.45, 2.75) is 13.5 Å². The summed E-state index contributed by atoms with van der Waals surface area (Å²) in [6.45, 7) is 2.42. The highest BCUT2D eigenvalue weighted by Crippen LogP contribution is 2.33. The van der Waals surface area contributed by atoms with Crippen LogP contribution < -0.4 is 20.3 Å². The minimum atomic E-state index is -0.307. The first kappa shape index (κ1) is 22.8. The molecular weight excluding hydrogens is 533 g/mol. The summed E-state index contributed by atoms with van der Waals surface area (Å²) < 4.78 is 13.7. The summed E-state index contributed by atoms with van der Waals surface area (Å²) in [5.74, 6) is 0.972. The molecule has 0 aliphatic heterocycles. The lowest BCUT2D eigenvalue weighted by molar-refractivity contribution is -0.121. The third-order valence-electron chi connectivity index (χ3n) is 5.12. The van der Waals surface area contributed by atoms with Gasteiger partial charge in [-0.1, -0.05) is 24.3 Å². The first-order chi connectivity index (χ1) is 16.0. The molecule has 1 N–H and O–H groups in total. The van der Waals surface area contributed by atoms with Gasteiger partial charge in [0, 0.05) is 10.8 Å². The van der Waals surface area contributed by atoms with Crippen molar-refractivity contribution >= 4 is 56.5 Å². The number of carbonyl (C=O) groups is 1. The second-order valence-electron chi connectivity index (χ2n) is 7.21. The van der Waals surface area contributed by atoms with Crippen molar-refractivity contribution in [3.8, 4) is 11.5 Å². The number of hydrogen-bond donors (Lipinski definition) is 1. The average Bonchev–Trinajstić information content (AvgIpc) is 2.82. The maximum absolute atomic E-state index is 12.8. The Kier molecular flexibility index (Phi) is 6.93. The van der Waals surface area contributed by atoms with Gasteiger partial charge in [0.25, 0.3) is 5.91 Å². The van der Waals surface area contributed by atoms with Crippen LogP contribution in [0.4, 0.5) is 0 Å². The first-order valence-corrected chi connectivity index (χ1v) is 11.4. The third kappa shape index (κ3) is 4.70. The minimum absolute atomic E-state index is 0.0169. The molecule has 1 amide bonds. The molecule has 0 unspecified atom stereocenters. The highest BCUT2D eigenvalue weighted by Gasteiger charge is 2.13. The number of ether oxygens (including phenoxy) is 2. The number of methoxy groups -OCH3 is 1. The summed E-state index contributed by atoms with van der Waals surface area (Å²) in [7, 11) is 1.60. The molecule has 0 atom stereocenters. The van der Waals surface area contributed by atoms with Crippen LogP contribution in [0.2, 0.25) is 0 Å². The molecule has 7 nitrogen and oxygen atoms in total. The number of para-hydroxylation sites is 2. The van der Waals surface area contributed by atoms with Crippen molar-refractivity contribution in [3.05, 3.63) is 80.0 Å². The quantitative estimate of drug-likeness (QED) is 0.160. The van der Waals surface area contributed by atoms with Crippen LogP contribution in [0.1, 0.15) is 12.5 Å². The van der Waals surface area contributed by atoms with Crippen molar-refractivity contribution in [2.75, 3.05) is 13.7 Å². The maximum Gasteiger partial charge on any atom is 0.260 e. The smallest absolute Gasteiger partial charge is 0.260 e. The van der Waals surface area contributed by atoms with E-state index in [0.29, 0.717) is 39.9 Å². The van der Waals surface area contributed by atoms with E-state index in [1.165, 1.54) is 0 Å². The van der Waals surface area contributed by atoms with Crippen molar-refractivity contribution < 1.29 is 14.3 Å². The average molecular weight is 555 g/mol. The second kappa shape index (κ2) is 10.0. The van der Waals surface area contributed by atoms with Crippen LogP contribution in [0, 0.1) is 3.57 Å². The predicted molar refractivity (Wildman–Crippen MR) is 138 cm³/mol. The lowest BCUT2D eigenvalue weighted by Crippen LogP contribution is -2.25. The number of amides is 1. The summed E-state index contributed by atoms with van der Waals surface area (Å²) in [5, 5.41) is 5.26. The molecule has 0 saturated carbocycles. The van der Waals surface area contributed by atoms with Crippen LogP contribution in [0.15, 0.2) is 70.6 Å². The van der Waals surface area contributed by atoms with E-state index in [9.17, 15) is 9.59 Å². The molecule has 8 heteroatoms. The number of rotatable bonds is 7. The first-order valence-electron chi connectivity index (χ1n) is 10.4. The zero-order chi connectivity index (χ0) is 23.4. The van der Waals surface area contributed by atoms with Gasteiger partial charge < -0.3 is 14.0 Å². The van der Waals surface area contributed by atoms with E-state index in [4.69, 9.17) is 9.47 Å². The monoisotopic (exact) mass is 555 g/mol. The molecule has 0 fully saturated rings. The molecular formula is C25H22IN3O4. The van der Waals surface area contributed by atoms with Gasteiger partial charge in [-0.3, -0.25) is 9.59 Å². The molecule has 0 aliphatic carbocycles. The number of carbonyl (C=O) groups excluding carboxylic acids is 1. The van der Waals surface area contributed by atoms with Crippen LogP contribution in [-0.2, 0) is 11.3 Å². The number of nitrogens with one attached hydrogen (secondary N) is 1. The van der Waals surface area contributed by atoms with Crippen LogP contribution in [0.25, 0.3) is 21.8 Å². The summed E-state index contributed by atoms with van der Waals surface area (Å²) >= 11 is 2.17. The lowest BCUT2D eigenvalue weighted by Gasteiger charge is -2.14. The van der Waals surface area contributed by atoms with Gasteiger partial charge >= 0.3 is 0 Å². The highest BCUT2D eigenvalue weighted by atomic mass is 127. The van der Waals surface area contributed by atoms with E-state index in [0.717, 1.165) is 9.13 Å². The third-order valence-corrected chi connectivity index (χ3v) is 5.92. The number of fused-ring (bicyclic) bond motifs is 2. The molecule has 1 aromatic heterocycles. The predicted octanol–water partition coefficient (Wildman–Crippen LogP) is 4.32. The summed E-state index contributed by atoms with van der Waals surface area (Å²) in [6.07, 6.45) is 1.56.